The van der Waals surface area contributed by atoms with E-state index in [1.807, 2.05) is 36.4 Å². The van der Waals surface area contributed by atoms with Gasteiger partial charge in [-0.2, -0.15) is 0 Å². The summed E-state index contributed by atoms with van der Waals surface area (Å²) in [5.41, 5.74) is 0.665. The number of nitrogens with zero attached hydrogens (tertiary/aromatic N) is 1. The Morgan fingerprint density at radius 3 is 2.57 bits per heavy atom. The van der Waals surface area contributed by atoms with Crippen LogP contribution in [0.4, 0.5) is 5.69 Å². The summed E-state index contributed by atoms with van der Waals surface area (Å²) in [7, 11) is 0. The number of fused-ring (bicyclic) bond motifs is 1. The van der Waals surface area contributed by atoms with E-state index in [-0.39, 0.29) is 0 Å². The highest BCUT2D eigenvalue weighted by atomic mass is 16.1. The highest BCUT2D eigenvalue weighted by Gasteiger charge is 2.04. The number of benzene rings is 2. The van der Waals surface area contributed by atoms with Crippen LogP contribution in [-0.4, -0.2) is 6.41 Å². The van der Waals surface area contributed by atoms with Gasteiger partial charge in [0.05, 0.1) is 5.69 Å². The third kappa shape index (κ3) is 1.34. The molecule has 0 saturated heterocycles. The van der Waals surface area contributed by atoms with Crippen molar-refractivity contribution >= 4 is 22.9 Å². The van der Waals surface area contributed by atoms with Crippen LogP contribution in [0.15, 0.2) is 42.5 Å². The molecule has 0 fully saturated rings. The fourth-order valence-electron chi connectivity index (χ4n) is 1.47. The smallest absolute Gasteiger partial charge is 0.261 e. The van der Waals surface area contributed by atoms with Crippen LogP contribution in [0.25, 0.3) is 10.8 Å². The summed E-state index contributed by atoms with van der Waals surface area (Å²) in [5.74, 6) is 5.47. The van der Waals surface area contributed by atoms with Crippen molar-refractivity contribution in [2.75, 3.05) is 5.01 Å². The molecule has 69 valence electrons. The Hall–Kier alpha value is -1.87. The van der Waals surface area contributed by atoms with Gasteiger partial charge in [0.15, 0.2) is 0 Å². The third-order valence-corrected chi connectivity index (χ3v) is 2.12. The molecular weight excluding hydrogens is 176 g/mol. The Morgan fingerprint density at radius 2 is 1.79 bits per heavy atom. The highest BCUT2D eigenvalue weighted by molar-refractivity contribution is 5.97. The average Bonchev–Trinajstić information content (AvgIpc) is 2.27. The molecule has 2 N–H and O–H groups in total. The minimum atomic E-state index is 0.665. The number of rotatable bonds is 2. The monoisotopic (exact) mass is 185 g/mol. The number of nitrogens with two attached hydrogens (primary N) is 1. The molecule has 2 aromatic rings. The minimum Gasteiger partial charge on any atom is -0.261 e. The van der Waals surface area contributed by atoms with Crippen LogP contribution in [0.1, 0.15) is 0 Å². The molecule has 0 aliphatic heterocycles. The van der Waals surface area contributed by atoms with E-state index >= 15 is 0 Å². The van der Waals surface area contributed by atoms with Crippen LogP contribution < -0.4 is 10.9 Å². The summed E-state index contributed by atoms with van der Waals surface area (Å²) in [4.78, 5) is 10.4. The molecule has 1 radical (unpaired) electrons. The van der Waals surface area contributed by atoms with Crippen molar-refractivity contribution in [3.63, 3.8) is 0 Å². The van der Waals surface area contributed by atoms with E-state index in [4.69, 9.17) is 5.84 Å². The van der Waals surface area contributed by atoms with Crippen LogP contribution >= 0.6 is 0 Å². The fourth-order valence-corrected chi connectivity index (χ4v) is 1.47. The van der Waals surface area contributed by atoms with Gasteiger partial charge in [0.1, 0.15) is 0 Å². The number of hydrogen-bond donors (Lipinski definition) is 1. The molecule has 0 spiro atoms. The molecule has 0 bridgehead atoms. The van der Waals surface area contributed by atoms with Gasteiger partial charge < -0.3 is 0 Å². The first kappa shape index (κ1) is 8.72. The second kappa shape index (κ2) is 3.47. The molecule has 3 heteroatoms. The molecule has 0 atom stereocenters. The van der Waals surface area contributed by atoms with Gasteiger partial charge in [0, 0.05) is 5.39 Å². The van der Waals surface area contributed by atoms with E-state index in [9.17, 15) is 4.79 Å². The quantitative estimate of drug-likeness (QED) is 0.334. The zero-order valence-electron chi connectivity index (χ0n) is 7.47. The maximum absolute atomic E-state index is 10.4. The molecule has 0 aliphatic rings. The van der Waals surface area contributed by atoms with Gasteiger partial charge in [-0.25, -0.2) is 10.9 Å². The predicted octanol–water partition coefficient (Wildman–Crippen LogP) is 1.59. The van der Waals surface area contributed by atoms with E-state index in [0.29, 0.717) is 5.69 Å². The van der Waals surface area contributed by atoms with Crippen molar-refractivity contribution in [3.05, 3.63) is 42.5 Å². The molecule has 3 nitrogen and oxygen atoms in total. The van der Waals surface area contributed by atoms with Crippen molar-refractivity contribution in [2.24, 2.45) is 5.84 Å². The van der Waals surface area contributed by atoms with Gasteiger partial charge in [-0.15, -0.1) is 0 Å². The van der Waals surface area contributed by atoms with Crippen molar-refractivity contribution in [1.82, 2.24) is 0 Å². The van der Waals surface area contributed by atoms with Crippen molar-refractivity contribution < 1.29 is 4.79 Å². The van der Waals surface area contributed by atoms with Crippen molar-refractivity contribution in [3.8, 4) is 0 Å². The maximum Gasteiger partial charge on any atom is 0.332 e. The lowest BCUT2D eigenvalue weighted by Gasteiger charge is -2.11. The zero-order valence-corrected chi connectivity index (χ0v) is 7.47. The van der Waals surface area contributed by atoms with Crippen molar-refractivity contribution in [2.45, 2.75) is 0 Å². The number of anilines is 1. The lowest BCUT2D eigenvalue weighted by molar-refractivity contribution is 0.552. The van der Waals surface area contributed by atoms with Gasteiger partial charge in [-0.05, 0) is 11.5 Å². The van der Waals surface area contributed by atoms with Gasteiger partial charge in [0.25, 0.3) is 0 Å². The molecule has 0 unspecified atom stereocenters. The maximum atomic E-state index is 10.4. The lowest BCUT2D eigenvalue weighted by atomic mass is 10.1. The Balaban J connectivity index is 2.70. The molecule has 0 aromatic heterocycles. The number of amides is 1. The topological polar surface area (TPSA) is 46.3 Å². The first-order chi connectivity index (χ1) is 6.83. The Morgan fingerprint density at radius 1 is 1.07 bits per heavy atom. The van der Waals surface area contributed by atoms with Crippen LogP contribution in [0.2, 0.25) is 0 Å². The summed E-state index contributed by atoms with van der Waals surface area (Å²) >= 11 is 0. The number of carbonyl (C=O) groups excluding carboxylic acids is 1. The van der Waals surface area contributed by atoms with Gasteiger partial charge in [-0.3, -0.25) is 4.79 Å². The molecule has 0 heterocycles. The normalized spacial score (nSPS) is 10.1. The fraction of sp³-hybridized carbons (Fsp3) is 0. The number of hydrogen-bond acceptors (Lipinski definition) is 2. The van der Waals surface area contributed by atoms with Crippen LogP contribution in [0, 0.1) is 0 Å². The summed E-state index contributed by atoms with van der Waals surface area (Å²) in [6.07, 6.45) is 1.63. The second-order valence-electron chi connectivity index (χ2n) is 2.96. The number of hydrazine groups is 1. The van der Waals surface area contributed by atoms with Gasteiger partial charge >= 0.3 is 6.41 Å². The lowest BCUT2D eigenvalue weighted by Crippen LogP contribution is -2.28. The molecule has 2 aromatic carbocycles. The van der Waals surface area contributed by atoms with Crippen molar-refractivity contribution in [1.29, 1.82) is 0 Å². The SMILES string of the molecule is NN([C]=O)c1cccc2ccccc12. The van der Waals surface area contributed by atoms with E-state index in [2.05, 4.69) is 0 Å². The largest absolute Gasteiger partial charge is 0.332 e. The molecule has 2 rings (SSSR count). The predicted molar refractivity (Wildman–Crippen MR) is 56.3 cm³/mol. The molecule has 14 heavy (non-hydrogen) atoms. The summed E-state index contributed by atoms with van der Waals surface area (Å²) in [6.45, 7) is 0. The summed E-state index contributed by atoms with van der Waals surface area (Å²) < 4.78 is 0. The molecule has 0 aliphatic carbocycles. The molecule has 1 amide bonds. The van der Waals surface area contributed by atoms with Crippen LogP contribution in [-0.2, 0) is 4.79 Å². The van der Waals surface area contributed by atoms with Gasteiger partial charge in [-0.1, -0.05) is 36.4 Å². The summed E-state index contributed by atoms with van der Waals surface area (Å²) in [5, 5.41) is 2.96. The summed E-state index contributed by atoms with van der Waals surface area (Å²) in [6, 6.07) is 13.3. The van der Waals surface area contributed by atoms with Crippen LogP contribution in [0.5, 0.6) is 0 Å². The van der Waals surface area contributed by atoms with E-state index in [1.165, 1.54) is 0 Å². The van der Waals surface area contributed by atoms with E-state index < -0.39 is 0 Å². The second-order valence-corrected chi connectivity index (χ2v) is 2.96. The van der Waals surface area contributed by atoms with E-state index in [1.54, 1.807) is 12.5 Å². The van der Waals surface area contributed by atoms with E-state index in [0.717, 1.165) is 15.8 Å². The Labute approximate surface area is 81.7 Å². The first-order valence-corrected chi connectivity index (χ1v) is 4.23. The van der Waals surface area contributed by atoms with Crippen LogP contribution in [0.3, 0.4) is 0 Å². The molecule has 0 saturated carbocycles. The third-order valence-electron chi connectivity index (χ3n) is 2.12. The Kier molecular flexibility index (Phi) is 2.16. The minimum absolute atomic E-state index is 0.665. The highest BCUT2D eigenvalue weighted by Crippen LogP contribution is 2.23. The first-order valence-electron chi connectivity index (χ1n) is 4.23. The zero-order chi connectivity index (χ0) is 9.97. The Bertz CT molecular complexity index is 462. The standard InChI is InChI=1S/C11H9N2O/c12-13(8-14)11-7-3-5-9-4-1-2-6-10(9)11/h1-7H,12H2. The average molecular weight is 185 g/mol. The molecular formula is C11H9N2O. The van der Waals surface area contributed by atoms with Gasteiger partial charge in [0.2, 0.25) is 0 Å².